The Kier molecular flexibility index (Phi) is 5.58. The Balaban J connectivity index is 2.62. The first-order valence-corrected chi connectivity index (χ1v) is 6.44. The van der Waals surface area contributed by atoms with Gasteiger partial charge in [0, 0.05) is 0 Å². The molecular formula is C14H24O2. The molecule has 16 heavy (non-hydrogen) atoms. The first-order chi connectivity index (χ1) is 7.69. The van der Waals surface area contributed by atoms with Crippen molar-refractivity contribution >= 4 is 5.97 Å². The van der Waals surface area contributed by atoms with E-state index >= 15 is 0 Å². The molecule has 0 saturated carbocycles. The minimum atomic E-state index is -0.0409. The van der Waals surface area contributed by atoms with Crippen LogP contribution in [0.2, 0.25) is 0 Å². The number of ether oxygens (including phenoxy) is 1. The van der Waals surface area contributed by atoms with Gasteiger partial charge in [0.15, 0.2) is 0 Å². The van der Waals surface area contributed by atoms with E-state index in [-0.39, 0.29) is 11.9 Å². The van der Waals surface area contributed by atoms with E-state index in [4.69, 9.17) is 4.74 Å². The summed E-state index contributed by atoms with van der Waals surface area (Å²) in [5.41, 5.74) is 1.46. The van der Waals surface area contributed by atoms with E-state index in [9.17, 15) is 4.79 Å². The molecule has 92 valence electrons. The van der Waals surface area contributed by atoms with Gasteiger partial charge in [-0.05, 0) is 38.0 Å². The molecule has 0 amide bonds. The van der Waals surface area contributed by atoms with Crippen molar-refractivity contribution in [3.63, 3.8) is 0 Å². The average molecular weight is 224 g/mol. The lowest BCUT2D eigenvalue weighted by Gasteiger charge is -2.23. The number of rotatable bonds is 5. The Morgan fingerprint density at radius 3 is 2.75 bits per heavy atom. The molecule has 0 fully saturated rings. The van der Waals surface area contributed by atoms with Crippen molar-refractivity contribution in [3.05, 3.63) is 11.6 Å². The fraction of sp³-hybridized carbons (Fsp3) is 0.786. The largest absolute Gasteiger partial charge is 0.469 e. The molecular weight excluding hydrogens is 200 g/mol. The van der Waals surface area contributed by atoms with Gasteiger partial charge in [-0.2, -0.15) is 0 Å². The van der Waals surface area contributed by atoms with Crippen LogP contribution in [0.3, 0.4) is 0 Å². The summed E-state index contributed by atoms with van der Waals surface area (Å²) in [6.07, 6.45) is 9.19. The molecule has 1 rings (SSSR count). The molecule has 2 nitrogen and oxygen atoms in total. The van der Waals surface area contributed by atoms with E-state index in [0.29, 0.717) is 5.92 Å². The average Bonchev–Trinajstić information content (AvgIpc) is 2.35. The normalized spacial score (nSPS) is 19.8. The second-order valence-electron chi connectivity index (χ2n) is 4.83. The third kappa shape index (κ3) is 3.66. The van der Waals surface area contributed by atoms with Crippen molar-refractivity contribution < 1.29 is 9.53 Å². The topological polar surface area (TPSA) is 26.3 Å². The number of hydrogen-bond donors (Lipinski definition) is 0. The summed E-state index contributed by atoms with van der Waals surface area (Å²) in [5, 5.41) is 0. The molecule has 0 spiro atoms. The lowest BCUT2D eigenvalue weighted by atomic mass is 9.83. The second-order valence-corrected chi connectivity index (χ2v) is 4.83. The van der Waals surface area contributed by atoms with E-state index in [1.807, 2.05) is 0 Å². The molecule has 0 bridgehead atoms. The van der Waals surface area contributed by atoms with Gasteiger partial charge in [0.25, 0.3) is 0 Å². The highest BCUT2D eigenvalue weighted by Crippen LogP contribution is 2.29. The summed E-state index contributed by atoms with van der Waals surface area (Å²) in [5.74, 6) is 0.426. The number of methoxy groups -OCH3 is 1. The fourth-order valence-electron chi connectivity index (χ4n) is 2.33. The molecule has 0 saturated heterocycles. The lowest BCUT2D eigenvalue weighted by molar-refractivity contribution is -0.147. The Bertz CT molecular complexity index is 255. The summed E-state index contributed by atoms with van der Waals surface area (Å²) < 4.78 is 4.91. The van der Waals surface area contributed by atoms with Gasteiger partial charge in [-0.1, -0.05) is 31.9 Å². The Hall–Kier alpha value is -0.790. The summed E-state index contributed by atoms with van der Waals surface area (Å²) in [6, 6.07) is 0. The minimum Gasteiger partial charge on any atom is -0.469 e. The number of hydrogen-bond acceptors (Lipinski definition) is 2. The third-order valence-electron chi connectivity index (χ3n) is 3.70. The van der Waals surface area contributed by atoms with Crippen LogP contribution in [0.25, 0.3) is 0 Å². The first-order valence-electron chi connectivity index (χ1n) is 6.44. The molecule has 0 aliphatic heterocycles. The monoisotopic (exact) mass is 224 g/mol. The van der Waals surface area contributed by atoms with Gasteiger partial charge >= 0.3 is 5.97 Å². The van der Waals surface area contributed by atoms with Crippen LogP contribution in [0.4, 0.5) is 0 Å². The standard InChI is InChI=1S/C14H24O2/c1-4-11(2)13(14(15)16-3)10-12-8-6-5-7-9-12/h8,11,13H,4-7,9-10H2,1-3H3/t11-,13-/m1/s1. The van der Waals surface area contributed by atoms with E-state index < -0.39 is 0 Å². The predicted octanol–water partition coefficient (Wildman–Crippen LogP) is 3.71. The summed E-state index contributed by atoms with van der Waals surface area (Å²) >= 11 is 0. The van der Waals surface area contributed by atoms with Crippen LogP contribution in [0.15, 0.2) is 11.6 Å². The van der Waals surface area contributed by atoms with E-state index in [0.717, 1.165) is 12.8 Å². The maximum atomic E-state index is 11.7. The fourth-order valence-corrected chi connectivity index (χ4v) is 2.33. The molecule has 0 radical (unpaired) electrons. The molecule has 0 unspecified atom stereocenters. The van der Waals surface area contributed by atoms with Crippen LogP contribution in [-0.2, 0) is 9.53 Å². The summed E-state index contributed by atoms with van der Waals surface area (Å²) in [7, 11) is 1.49. The van der Waals surface area contributed by atoms with E-state index in [1.54, 1.807) is 0 Å². The molecule has 1 aliphatic rings. The number of carbonyl (C=O) groups is 1. The zero-order chi connectivity index (χ0) is 12.0. The lowest BCUT2D eigenvalue weighted by Crippen LogP contribution is -2.24. The van der Waals surface area contributed by atoms with E-state index in [2.05, 4.69) is 19.9 Å². The molecule has 2 atom stereocenters. The summed E-state index contributed by atoms with van der Waals surface area (Å²) in [4.78, 5) is 11.7. The van der Waals surface area contributed by atoms with Crippen molar-refractivity contribution in [1.82, 2.24) is 0 Å². The number of allylic oxidation sites excluding steroid dienone is 2. The predicted molar refractivity (Wildman–Crippen MR) is 66.1 cm³/mol. The zero-order valence-corrected chi connectivity index (χ0v) is 10.8. The maximum Gasteiger partial charge on any atom is 0.309 e. The Labute approximate surface area is 99.1 Å². The zero-order valence-electron chi connectivity index (χ0n) is 10.8. The van der Waals surface area contributed by atoms with Crippen LogP contribution in [0.5, 0.6) is 0 Å². The van der Waals surface area contributed by atoms with Crippen LogP contribution in [0.1, 0.15) is 52.4 Å². The van der Waals surface area contributed by atoms with Crippen molar-refractivity contribution in [2.75, 3.05) is 7.11 Å². The minimum absolute atomic E-state index is 0.0409. The molecule has 2 heteroatoms. The van der Waals surface area contributed by atoms with Gasteiger partial charge in [0.1, 0.15) is 0 Å². The van der Waals surface area contributed by atoms with Crippen molar-refractivity contribution in [2.45, 2.75) is 52.4 Å². The molecule has 0 aromatic carbocycles. The van der Waals surface area contributed by atoms with Gasteiger partial charge in [0.05, 0.1) is 13.0 Å². The Morgan fingerprint density at radius 2 is 2.25 bits per heavy atom. The molecule has 0 aromatic heterocycles. The van der Waals surface area contributed by atoms with Crippen LogP contribution in [-0.4, -0.2) is 13.1 Å². The van der Waals surface area contributed by atoms with Gasteiger partial charge in [-0.3, -0.25) is 4.79 Å². The number of esters is 1. The van der Waals surface area contributed by atoms with Crippen molar-refractivity contribution in [2.24, 2.45) is 11.8 Å². The van der Waals surface area contributed by atoms with Crippen LogP contribution in [0, 0.1) is 11.8 Å². The molecule has 0 aromatic rings. The number of carbonyl (C=O) groups excluding carboxylic acids is 1. The maximum absolute atomic E-state index is 11.7. The Morgan fingerprint density at radius 1 is 1.50 bits per heavy atom. The van der Waals surface area contributed by atoms with Gasteiger partial charge in [-0.25, -0.2) is 0 Å². The van der Waals surface area contributed by atoms with Crippen molar-refractivity contribution in [1.29, 1.82) is 0 Å². The quantitative estimate of drug-likeness (QED) is 0.525. The van der Waals surface area contributed by atoms with Gasteiger partial charge in [0.2, 0.25) is 0 Å². The SMILES string of the molecule is CC[C@@H](C)[C@@H](CC1=CCCCC1)C(=O)OC. The molecule has 0 N–H and O–H groups in total. The third-order valence-corrected chi connectivity index (χ3v) is 3.70. The van der Waals surface area contributed by atoms with Crippen molar-refractivity contribution in [3.8, 4) is 0 Å². The smallest absolute Gasteiger partial charge is 0.309 e. The van der Waals surface area contributed by atoms with Crippen LogP contribution >= 0.6 is 0 Å². The van der Waals surface area contributed by atoms with Gasteiger partial charge in [-0.15, -0.1) is 0 Å². The second kappa shape index (κ2) is 6.72. The highest BCUT2D eigenvalue weighted by molar-refractivity contribution is 5.73. The van der Waals surface area contributed by atoms with Crippen LogP contribution < -0.4 is 0 Å². The highest BCUT2D eigenvalue weighted by Gasteiger charge is 2.26. The van der Waals surface area contributed by atoms with E-state index in [1.165, 1.54) is 38.4 Å². The van der Waals surface area contributed by atoms with Gasteiger partial charge < -0.3 is 4.74 Å². The first kappa shape index (κ1) is 13.3. The molecule has 1 aliphatic carbocycles. The summed E-state index contributed by atoms with van der Waals surface area (Å²) in [6.45, 7) is 4.28. The molecule has 0 heterocycles. The highest BCUT2D eigenvalue weighted by atomic mass is 16.5.